The van der Waals surface area contributed by atoms with Crippen molar-refractivity contribution in [1.29, 1.82) is 0 Å². The van der Waals surface area contributed by atoms with Crippen LogP contribution in [-0.4, -0.2) is 37.0 Å². The number of hydrogen-bond donors (Lipinski definition) is 2. The van der Waals surface area contributed by atoms with Crippen LogP contribution >= 0.6 is 0 Å². The summed E-state index contributed by atoms with van der Waals surface area (Å²) in [6.45, 7) is 0. The van der Waals surface area contributed by atoms with Gasteiger partial charge in [0, 0.05) is 31.5 Å². The molecule has 2 aromatic heterocycles. The van der Waals surface area contributed by atoms with Crippen LogP contribution in [0.15, 0.2) is 94.7 Å². The van der Waals surface area contributed by atoms with E-state index in [1.54, 1.807) is 61.5 Å². The number of rotatable bonds is 6. The molecule has 0 aliphatic carbocycles. The molecule has 38 heavy (non-hydrogen) atoms. The topological polar surface area (TPSA) is 123 Å². The summed E-state index contributed by atoms with van der Waals surface area (Å²) >= 11 is 0. The van der Waals surface area contributed by atoms with Crippen LogP contribution in [0.4, 0.5) is 21.8 Å². The summed E-state index contributed by atoms with van der Waals surface area (Å²) in [6.07, 6.45) is 1.54. The molecule has 0 unspecified atom stereocenters. The minimum absolute atomic E-state index is 0.0544. The first kappa shape index (κ1) is 24.9. The minimum atomic E-state index is -4.10. The monoisotopic (exact) mass is 530 g/mol. The molecule has 3 aromatic carbocycles. The molecule has 192 valence electrons. The highest BCUT2D eigenvalue weighted by molar-refractivity contribution is 7.92. The Morgan fingerprint density at radius 3 is 2.34 bits per heavy atom. The van der Waals surface area contributed by atoms with Gasteiger partial charge in [-0.15, -0.1) is 0 Å². The van der Waals surface area contributed by atoms with Crippen molar-refractivity contribution in [2.24, 2.45) is 0 Å². The number of pyridine rings is 1. The Labute approximate surface area is 218 Å². The smallest absolute Gasteiger partial charge is 0.267 e. The lowest BCUT2D eigenvalue weighted by Gasteiger charge is -2.18. The average Bonchev–Trinajstić information content (AvgIpc) is 2.90. The maximum absolute atomic E-state index is 13.4. The molecule has 5 aromatic rings. The van der Waals surface area contributed by atoms with Gasteiger partial charge in [-0.1, -0.05) is 24.3 Å². The molecule has 0 aliphatic rings. The van der Waals surface area contributed by atoms with Crippen LogP contribution in [-0.2, 0) is 10.0 Å². The fourth-order valence-electron chi connectivity index (χ4n) is 4.07. The van der Waals surface area contributed by atoms with Gasteiger partial charge in [-0.3, -0.25) is 9.52 Å². The summed E-state index contributed by atoms with van der Waals surface area (Å²) < 4.78 is 43.8. The average molecular weight is 531 g/mol. The third-order valence-corrected chi connectivity index (χ3v) is 7.27. The van der Waals surface area contributed by atoms with Crippen LogP contribution in [0.2, 0.25) is 0 Å². The van der Waals surface area contributed by atoms with Crippen molar-refractivity contribution < 1.29 is 12.8 Å². The fraction of sp³-hybridized carbons (Fsp3) is 0.0741. The number of halogens is 1. The summed E-state index contributed by atoms with van der Waals surface area (Å²) in [6, 6.07) is 20.4. The lowest BCUT2D eigenvalue weighted by molar-refractivity contribution is 0.600. The minimum Gasteiger partial charge on any atom is -0.369 e. The van der Waals surface area contributed by atoms with Gasteiger partial charge in [0.15, 0.2) is 0 Å². The highest BCUT2D eigenvalue weighted by Crippen LogP contribution is 2.30. The molecular weight excluding hydrogens is 507 g/mol. The number of hydrogen-bond acceptors (Lipinski definition) is 7. The van der Waals surface area contributed by atoms with E-state index in [9.17, 15) is 17.6 Å². The fourth-order valence-corrected chi connectivity index (χ4v) is 5.38. The number of benzene rings is 3. The Balaban J connectivity index is 1.63. The van der Waals surface area contributed by atoms with E-state index in [4.69, 9.17) is 5.73 Å². The molecule has 2 heterocycles. The number of fused-ring (bicyclic) bond motifs is 1. The first-order valence-corrected chi connectivity index (χ1v) is 13.0. The normalized spacial score (nSPS) is 11.4. The number of nitrogen functional groups attached to an aromatic ring is 1. The van der Waals surface area contributed by atoms with E-state index >= 15 is 0 Å². The Morgan fingerprint density at radius 2 is 1.66 bits per heavy atom. The molecule has 5 rings (SSSR count). The molecule has 0 bridgehead atoms. The maximum Gasteiger partial charge on any atom is 0.267 e. The van der Waals surface area contributed by atoms with Gasteiger partial charge < -0.3 is 10.6 Å². The van der Waals surface area contributed by atoms with E-state index in [0.717, 1.165) is 12.1 Å². The van der Waals surface area contributed by atoms with Crippen molar-refractivity contribution in [3.8, 4) is 16.8 Å². The second-order valence-corrected chi connectivity index (χ2v) is 10.4. The summed E-state index contributed by atoms with van der Waals surface area (Å²) in [7, 11) is -0.747. The van der Waals surface area contributed by atoms with E-state index in [1.165, 1.54) is 29.0 Å². The van der Waals surface area contributed by atoms with Gasteiger partial charge in [-0.2, -0.15) is 0 Å². The quantitative estimate of drug-likeness (QED) is 0.340. The Morgan fingerprint density at radius 1 is 0.947 bits per heavy atom. The van der Waals surface area contributed by atoms with E-state index in [0.29, 0.717) is 27.7 Å². The molecule has 9 nitrogen and oxygen atoms in total. The highest BCUT2D eigenvalue weighted by atomic mass is 32.2. The largest absolute Gasteiger partial charge is 0.369 e. The molecule has 0 saturated carbocycles. The molecular formula is C27H23FN6O3S. The van der Waals surface area contributed by atoms with Gasteiger partial charge in [0.25, 0.3) is 15.6 Å². The molecule has 0 aliphatic heterocycles. The predicted octanol–water partition coefficient (Wildman–Crippen LogP) is 4.04. The Bertz CT molecular complexity index is 1820. The lowest BCUT2D eigenvalue weighted by Crippen LogP contribution is -2.23. The van der Waals surface area contributed by atoms with Gasteiger partial charge in [0.05, 0.1) is 16.6 Å². The van der Waals surface area contributed by atoms with Gasteiger partial charge in [0.1, 0.15) is 16.5 Å². The van der Waals surface area contributed by atoms with E-state index in [-0.39, 0.29) is 27.9 Å². The SMILES string of the molecule is CN(C)c1ncc(-c2ccc3nc(N)n(-c4ccccc4)c(=O)c3c2)cc1S(=O)(=O)Nc1ccc(F)cc1. The molecule has 0 radical (unpaired) electrons. The van der Waals surface area contributed by atoms with Crippen molar-refractivity contribution in [2.45, 2.75) is 4.90 Å². The Kier molecular flexibility index (Phi) is 6.29. The van der Waals surface area contributed by atoms with Crippen molar-refractivity contribution in [1.82, 2.24) is 14.5 Å². The molecule has 11 heteroatoms. The standard InChI is InChI=1S/C27H23FN6O3S/c1-33(2)25-24(38(36,37)32-20-11-9-19(28)10-12-20)15-18(16-30-25)17-8-13-23-22(14-17)26(35)34(27(29)31-23)21-6-4-3-5-7-21/h3-16,32H,1-2H3,(H2,29,31). The maximum atomic E-state index is 13.4. The predicted molar refractivity (Wildman–Crippen MR) is 147 cm³/mol. The first-order valence-electron chi connectivity index (χ1n) is 11.5. The zero-order chi connectivity index (χ0) is 27.0. The number of anilines is 3. The second kappa shape index (κ2) is 9.60. The molecule has 0 amide bonds. The third kappa shape index (κ3) is 4.66. The van der Waals surface area contributed by atoms with Gasteiger partial charge in [0.2, 0.25) is 5.95 Å². The lowest BCUT2D eigenvalue weighted by atomic mass is 10.1. The summed E-state index contributed by atoms with van der Waals surface area (Å²) in [5, 5.41) is 0.311. The van der Waals surface area contributed by atoms with Crippen LogP contribution in [0.5, 0.6) is 0 Å². The van der Waals surface area contributed by atoms with Gasteiger partial charge in [-0.05, 0) is 60.2 Å². The summed E-state index contributed by atoms with van der Waals surface area (Å²) in [4.78, 5) is 23.7. The summed E-state index contributed by atoms with van der Waals surface area (Å²) in [5.41, 5.74) is 7.97. The number of nitrogens with zero attached hydrogens (tertiary/aromatic N) is 4. The van der Waals surface area contributed by atoms with Crippen molar-refractivity contribution in [3.05, 3.63) is 101 Å². The highest BCUT2D eigenvalue weighted by Gasteiger charge is 2.23. The summed E-state index contributed by atoms with van der Waals surface area (Å²) in [5.74, 6) is -0.215. The van der Waals surface area contributed by atoms with Crippen molar-refractivity contribution in [2.75, 3.05) is 29.5 Å². The molecule has 0 fully saturated rings. The molecule has 3 N–H and O–H groups in total. The Hall–Kier alpha value is -4.77. The van der Waals surface area contributed by atoms with Gasteiger partial charge in [-0.25, -0.2) is 27.3 Å². The van der Waals surface area contributed by atoms with Crippen LogP contribution in [0.3, 0.4) is 0 Å². The third-order valence-electron chi connectivity index (χ3n) is 5.88. The molecule has 0 atom stereocenters. The van der Waals surface area contributed by atoms with Crippen LogP contribution in [0.1, 0.15) is 0 Å². The van der Waals surface area contributed by atoms with E-state index in [1.807, 2.05) is 6.07 Å². The first-order chi connectivity index (χ1) is 18.1. The van der Waals surface area contributed by atoms with E-state index in [2.05, 4.69) is 14.7 Å². The van der Waals surface area contributed by atoms with Crippen molar-refractivity contribution >= 4 is 38.4 Å². The molecule has 0 saturated heterocycles. The zero-order valence-corrected chi connectivity index (χ0v) is 21.3. The van der Waals surface area contributed by atoms with Crippen molar-refractivity contribution in [3.63, 3.8) is 0 Å². The number of nitrogens with one attached hydrogen (secondary N) is 1. The van der Waals surface area contributed by atoms with Crippen LogP contribution in [0, 0.1) is 5.82 Å². The number of aromatic nitrogens is 3. The zero-order valence-electron chi connectivity index (χ0n) is 20.5. The second-order valence-electron chi connectivity index (χ2n) is 8.73. The van der Waals surface area contributed by atoms with Crippen LogP contribution < -0.4 is 20.9 Å². The van der Waals surface area contributed by atoms with E-state index < -0.39 is 15.8 Å². The van der Waals surface area contributed by atoms with Crippen LogP contribution in [0.25, 0.3) is 27.7 Å². The number of para-hydroxylation sites is 1. The number of sulfonamides is 1. The molecule has 0 spiro atoms. The van der Waals surface area contributed by atoms with Gasteiger partial charge >= 0.3 is 0 Å². The number of nitrogens with two attached hydrogens (primary N) is 1.